The first-order chi connectivity index (χ1) is 7.66. The number of rotatable bonds is 3. The number of nitrogens with one attached hydrogen (secondary N) is 1. The van der Waals surface area contributed by atoms with Crippen molar-refractivity contribution in [3.05, 3.63) is 17.8 Å². The van der Waals surface area contributed by atoms with Crippen LogP contribution in [0, 0.1) is 18.7 Å². The van der Waals surface area contributed by atoms with Crippen LogP contribution in [-0.4, -0.2) is 21.9 Å². The number of hydrogen-bond donors (Lipinski definition) is 1. The Balaban J connectivity index is 1.92. The number of aryl methyl sites for hydroxylation is 1. The Morgan fingerprint density at radius 2 is 2.31 bits per heavy atom. The quantitative estimate of drug-likeness (QED) is 0.830. The summed E-state index contributed by atoms with van der Waals surface area (Å²) in [5.74, 6) is 0.464. The number of aromatic nitrogens is 2. The summed E-state index contributed by atoms with van der Waals surface area (Å²) in [6, 6.07) is 0. The Kier molecular flexibility index (Phi) is 3.59. The monoisotopic (exact) mass is 243 g/mol. The fraction of sp³-hybridized carbons (Fsp3) is 0.636. The van der Waals surface area contributed by atoms with Gasteiger partial charge in [-0.1, -0.05) is 0 Å². The summed E-state index contributed by atoms with van der Waals surface area (Å²) in [7, 11) is 0. The van der Waals surface area contributed by atoms with E-state index in [1.165, 1.54) is 6.33 Å². The highest BCUT2D eigenvalue weighted by Gasteiger charge is 2.23. The fourth-order valence-corrected chi connectivity index (χ4v) is 2.40. The summed E-state index contributed by atoms with van der Waals surface area (Å²) in [5.41, 5.74) is 0.374. The Bertz CT molecular complexity index is 372. The molecule has 2 rings (SSSR count). The molecule has 3 nitrogen and oxygen atoms in total. The number of anilines is 1. The van der Waals surface area contributed by atoms with E-state index in [2.05, 4.69) is 15.3 Å². The highest BCUT2D eigenvalue weighted by atomic mass is 35.5. The summed E-state index contributed by atoms with van der Waals surface area (Å²) in [5, 5.41) is 3.31. The van der Waals surface area contributed by atoms with Crippen molar-refractivity contribution in [3.63, 3.8) is 0 Å². The molecule has 1 aliphatic carbocycles. The molecule has 0 spiro atoms. The van der Waals surface area contributed by atoms with Gasteiger partial charge in [-0.05, 0) is 32.1 Å². The van der Waals surface area contributed by atoms with Crippen LogP contribution >= 0.6 is 11.6 Å². The lowest BCUT2D eigenvalue weighted by Gasteiger charge is -2.12. The summed E-state index contributed by atoms with van der Waals surface area (Å²) >= 11 is 6.02. The van der Waals surface area contributed by atoms with Gasteiger partial charge in [0.1, 0.15) is 6.33 Å². The maximum Gasteiger partial charge on any atom is 0.186 e. The summed E-state index contributed by atoms with van der Waals surface area (Å²) < 4.78 is 13.5. The molecule has 0 radical (unpaired) electrons. The molecular formula is C11H15ClFN3. The maximum absolute atomic E-state index is 13.5. The van der Waals surface area contributed by atoms with Gasteiger partial charge in [0.2, 0.25) is 0 Å². The van der Waals surface area contributed by atoms with Gasteiger partial charge in [0.15, 0.2) is 11.6 Å². The predicted octanol–water partition coefficient (Wildman–Crippen LogP) is 2.74. The normalized spacial score (nSPS) is 24.7. The number of alkyl halides is 1. The molecule has 0 aliphatic heterocycles. The average Bonchev–Trinajstić information content (AvgIpc) is 2.67. The van der Waals surface area contributed by atoms with Crippen LogP contribution in [0.2, 0.25) is 0 Å². The second kappa shape index (κ2) is 4.95. The van der Waals surface area contributed by atoms with Gasteiger partial charge in [0.05, 0.1) is 5.69 Å². The topological polar surface area (TPSA) is 37.8 Å². The third-order valence-electron chi connectivity index (χ3n) is 3.00. The molecule has 0 aromatic carbocycles. The summed E-state index contributed by atoms with van der Waals surface area (Å²) in [6.45, 7) is 2.36. The molecular weight excluding hydrogens is 229 g/mol. The zero-order chi connectivity index (χ0) is 11.5. The van der Waals surface area contributed by atoms with Crippen molar-refractivity contribution in [2.45, 2.75) is 31.6 Å². The van der Waals surface area contributed by atoms with E-state index in [1.807, 2.05) is 0 Å². The number of nitrogens with zero attached hydrogens (tertiary/aromatic N) is 2. The fourth-order valence-electron chi connectivity index (χ4n) is 2.02. The van der Waals surface area contributed by atoms with Crippen LogP contribution in [0.1, 0.15) is 25.0 Å². The van der Waals surface area contributed by atoms with E-state index >= 15 is 0 Å². The lowest BCUT2D eigenvalue weighted by Crippen LogP contribution is -2.14. The predicted molar refractivity (Wildman–Crippen MR) is 62.2 cm³/mol. The second-order valence-electron chi connectivity index (χ2n) is 4.28. The maximum atomic E-state index is 13.5. The highest BCUT2D eigenvalue weighted by Crippen LogP contribution is 2.29. The molecule has 2 atom stereocenters. The van der Waals surface area contributed by atoms with Crippen LogP contribution in [-0.2, 0) is 0 Å². The lowest BCUT2D eigenvalue weighted by atomic mass is 10.1. The van der Waals surface area contributed by atoms with Crippen molar-refractivity contribution >= 4 is 17.4 Å². The Morgan fingerprint density at radius 1 is 1.50 bits per heavy atom. The molecule has 0 bridgehead atoms. The van der Waals surface area contributed by atoms with E-state index in [0.717, 1.165) is 25.8 Å². The van der Waals surface area contributed by atoms with Gasteiger partial charge in [0.25, 0.3) is 0 Å². The van der Waals surface area contributed by atoms with E-state index in [9.17, 15) is 4.39 Å². The van der Waals surface area contributed by atoms with Crippen molar-refractivity contribution in [2.75, 3.05) is 11.9 Å². The Morgan fingerprint density at radius 3 is 3.00 bits per heavy atom. The van der Waals surface area contributed by atoms with Gasteiger partial charge in [0, 0.05) is 11.9 Å². The molecule has 1 aromatic rings. The minimum absolute atomic E-state index is 0.281. The molecule has 0 saturated heterocycles. The van der Waals surface area contributed by atoms with E-state index in [1.54, 1.807) is 6.92 Å². The standard InChI is InChI=1S/C11H15ClFN3/c1-7-10(13)11(16-6-15-7)14-5-8-2-3-9(12)4-8/h6,8-9H,2-5H2,1H3,(H,14,15,16). The zero-order valence-electron chi connectivity index (χ0n) is 9.21. The smallest absolute Gasteiger partial charge is 0.186 e. The highest BCUT2D eigenvalue weighted by molar-refractivity contribution is 6.20. The third kappa shape index (κ3) is 2.61. The molecule has 2 unspecified atom stereocenters. The molecule has 1 aromatic heterocycles. The van der Waals surface area contributed by atoms with Crippen molar-refractivity contribution in [2.24, 2.45) is 5.92 Å². The van der Waals surface area contributed by atoms with E-state index in [4.69, 9.17) is 11.6 Å². The molecule has 1 heterocycles. The number of hydrogen-bond acceptors (Lipinski definition) is 3. The van der Waals surface area contributed by atoms with E-state index in [0.29, 0.717) is 17.4 Å². The zero-order valence-corrected chi connectivity index (χ0v) is 9.97. The second-order valence-corrected chi connectivity index (χ2v) is 4.90. The lowest BCUT2D eigenvalue weighted by molar-refractivity contribution is 0.568. The molecule has 16 heavy (non-hydrogen) atoms. The van der Waals surface area contributed by atoms with Gasteiger partial charge in [-0.3, -0.25) is 0 Å². The average molecular weight is 244 g/mol. The van der Waals surface area contributed by atoms with Gasteiger partial charge in [-0.25, -0.2) is 14.4 Å². The van der Waals surface area contributed by atoms with Crippen LogP contribution in [0.4, 0.5) is 10.2 Å². The Labute approximate surface area is 99.4 Å². The Hall–Kier alpha value is -0.900. The van der Waals surface area contributed by atoms with Gasteiger partial charge < -0.3 is 5.32 Å². The van der Waals surface area contributed by atoms with Crippen LogP contribution in [0.3, 0.4) is 0 Å². The van der Waals surface area contributed by atoms with Crippen LogP contribution < -0.4 is 5.32 Å². The molecule has 0 amide bonds. The van der Waals surface area contributed by atoms with E-state index in [-0.39, 0.29) is 11.2 Å². The van der Waals surface area contributed by atoms with Crippen LogP contribution in [0.5, 0.6) is 0 Å². The minimum Gasteiger partial charge on any atom is -0.367 e. The van der Waals surface area contributed by atoms with Crippen LogP contribution in [0.25, 0.3) is 0 Å². The van der Waals surface area contributed by atoms with E-state index < -0.39 is 0 Å². The van der Waals surface area contributed by atoms with Gasteiger partial charge >= 0.3 is 0 Å². The van der Waals surface area contributed by atoms with Crippen molar-refractivity contribution in [3.8, 4) is 0 Å². The van der Waals surface area contributed by atoms with Crippen molar-refractivity contribution < 1.29 is 4.39 Å². The molecule has 1 aliphatic rings. The van der Waals surface area contributed by atoms with Crippen molar-refractivity contribution in [1.29, 1.82) is 0 Å². The molecule has 1 saturated carbocycles. The first-order valence-electron chi connectivity index (χ1n) is 5.52. The van der Waals surface area contributed by atoms with Gasteiger partial charge in [-0.15, -0.1) is 11.6 Å². The van der Waals surface area contributed by atoms with Crippen molar-refractivity contribution in [1.82, 2.24) is 9.97 Å². The molecule has 1 fully saturated rings. The first-order valence-corrected chi connectivity index (χ1v) is 5.95. The van der Waals surface area contributed by atoms with Gasteiger partial charge in [-0.2, -0.15) is 0 Å². The molecule has 5 heteroatoms. The summed E-state index contributed by atoms with van der Waals surface area (Å²) in [4.78, 5) is 7.67. The third-order valence-corrected chi connectivity index (χ3v) is 3.40. The molecule has 88 valence electrons. The minimum atomic E-state index is -0.358. The first kappa shape index (κ1) is 11.6. The van der Waals surface area contributed by atoms with Crippen LogP contribution in [0.15, 0.2) is 6.33 Å². The number of halogens is 2. The molecule has 1 N–H and O–H groups in total. The largest absolute Gasteiger partial charge is 0.367 e. The SMILES string of the molecule is Cc1ncnc(NCC2CCC(Cl)C2)c1F. The summed E-state index contributed by atoms with van der Waals surface area (Å²) in [6.07, 6.45) is 4.53.